The summed E-state index contributed by atoms with van der Waals surface area (Å²) in [7, 11) is 0. The van der Waals surface area contributed by atoms with Crippen LogP contribution in [0.1, 0.15) is 57.9 Å². The summed E-state index contributed by atoms with van der Waals surface area (Å²) in [4.78, 5) is 14.0. The molecule has 0 bridgehead atoms. The lowest BCUT2D eigenvalue weighted by Crippen LogP contribution is -2.41. The van der Waals surface area contributed by atoms with Gasteiger partial charge in [0.25, 0.3) is 0 Å². The van der Waals surface area contributed by atoms with Crippen LogP contribution in [0.5, 0.6) is 5.75 Å². The molecule has 2 fully saturated rings. The van der Waals surface area contributed by atoms with Crippen LogP contribution in [0.4, 0.5) is 9.18 Å². The van der Waals surface area contributed by atoms with Gasteiger partial charge in [-0.05, 0) is 89.1 Å². The van der Waals surface area contributed by atoms with E-state index >= 15 is 0 Å². The van der Waals surface area contributed by atoms with Gasteiger partial charge >= 0.3 is 6.09 Å². The number of benzene rings is 1. The topological polar surface area (TPSA) is 50.8 Å². The first kappa shape index (κ1) is 20.9. The van der Waals surface area contributed by atoms with E-state index in [1.807, 2.05) is 26.8 Å². The van der Waals surface area contributed by atoms with Gasteiger partial charge in [0.1, 0.15) is 17.2 Å². The van der Waals surface area contributed by atoms with Crippen molar-refractivity contribution >= 4 is 6.09 Å². The van der Waals surface area contributed by atoms with E-state index in [-0.39, 0.29) is 17.8 Å². The number of nitrogens with one attached hydrogen (secondary N) is 1. The van der Waals surface area contributed by atoms with Crippen molar-refractivity contribution in [3.8, 4) is 5.75 Å². The third kappa shape index (κ3) is 6.09. The van der Waals surface area contributed by atoms with Gasteiger partial charge in [0.15, 0.2) is 0 Å². The maximum Gasteiger partial charge on any atom is 0.410 e. The summed E-state index contributed by atoms with van der Waals surface area (Å²) in [5.74, 6) is 1.12. The number of piperidine rings is 2. The van der Waals surface area contributed by atoms with E-state index in [4.69, 9.17) is 9.47 Å². The largest absolute Gasteiger partial charge is 0.493 e. The zero-order valence-corrected chi connectivity index (χ0v) is 17.3. The minimum absolute atomic E-state index is 0.232. The first-order chi connectivity index (χ1) is 13.3. The number of rotatable bonds is 4. The van der Waals surface area contributed by atoms with Crippen molar-refractivity contribution in [2.45, 2.75) is 58.0 Å². The summed E-state index contributed by atoms with van der Waals surface area (Å²) in [5, 5.41) is 3.35. The highest BCUT2D eigenvalue weighted by atomic mass is 19.1. The zero-order chi connectivity index (χ0) is 20.1. The SMILES string of the molecule is CC(C)(C)OC(=O)N1CCC(c2cc(F)cc(OCC3CCNCC3)c2)CC1. The second-order valence-electron chi connectivity index (χ2n) is 8.97. The number of hydrogen-bond acceptors (Lipinski definition) is 4. The Kier molecular flexibility index (Phi) is 6.81. The molecule has 1 aromatic carbocycles. The molecule has 1 aromatic rings. The smallest absolute Gasteiger partial charge is 0.410 e. The van der Waals surface area contributed by atoms with Gasteiger partial charge in [-0.2, -0.15) is 0 Å². The summed E-state index contributed by atoms with van der Waals surface area (Å²) >= 11 is 0. The molecular formula is C22H33FN2O3. The number of hydrogen-bond donors (Lipinski definition) is 1. The van der Waals surface area contributed by atoms with Crippen LogP contribution in [0.2, 0.25) is 0 Å². The van der Waals surface area contributed by atoms with E-state index in [1.54, 1.807) is 11.0 Å². The van der Waals surface area contributed by atoms with Gasteiger partial charge in [0.05, 0.1) is 6.61 Å². The Bertz CT molecular complexity index is 660. The second kappa shape index (κ2) is 9.12. The molecule has 0 aliphatic carbocycles. The van der Waals surface area contributed by atoms with Crippen molar-refractivity contribution in [2.75, 3.05) is 32.8 Å². The van der Waals surface area contributed by atoms with Crippen LogP contribution in [0, 0.1) is 11.7 Å². The molecule has 2 aliphatic rings. The second-order valence-corrected chi connectivity index (χ2v) is 8.97. The fourth-order valence-electron chi connectivity index (χ4n) is 3.89. The van der Waals surface area contributed by atoms with E-state index in [0.717, 1.165) is 44.3 Å². The van der Waals surface area contributed by atoms with Crippen LogP contribution in [-0.4, -0.2) is 49.4 Å². The summed E-state index contributed by atoms with van der Waals surface area (Å²) in [5.41, 5.74) is 0.473. The number of likely N-dealkylation sites (tertiary alicyclic amines) is 1. The van der Waals surface area contributed by atoms with Crippen molar-refractivity contribution < 1.29 is 18.7 Å². The third-order valence-electron chi connectivity index (χ3n) is 5.46. The number of halogens is 1. The van der Waals surface area contributed by atoms with Crippen LogP contribution in [0.25, 0.3) is 0 Å². The Morgan fingerprint density at radius 1 is 1.14 bits per heavy atom. The van der Waals surface area contributed by atoms with Gasteiger partial charge in [0, 0.05) is 19.2 Å². The lowest BCUT2D eigenvalue weighted by atomic mass is 9.89. The van der Waals surface area contributed by atoms with Gasteiger partial charge in [-0.25, -0.2) is 9.18 Å². The Morgan fingerprint density at radius 2 is 1.82 bits per heavy atom. The Labute approximate surface area is 167 Å². The molecule has 1 amide bonds. The third-order valence-corrected chi connectivity index (χ3v) is 5.46. The Hall–Kier alpha value is -1.82. The number of carbonyl (C=O) groups is 1. The van der Waals surface area contributed by atoms with Crippen LogP contribution in [-0.2, 0) is 4.74 Å². The lowest BCUT2D eigenvalue weighted by Gasteiger charge is -2.33. The summed E-state index contributed by atoms with van der Waals surface area (Å²) in [6.45, 7) is 9.56. The van der Waals surface area contributed by atoms with Crippen LogP contribution in [0.3, 0.4) is 0 Å². The molecular weight excluding hydrogens is 359 g/mol. The normalized spacial score (nSPS) is 19.5. The highest BCUT2D eigenvalue weighted by Crippen LogP contribution is 2.32. The Balaban J connectivity index is 1.55. The lowest BCUT2D eigenvalue weighted by molar-refractivity contribution is 0.0204. The molecule has 0 saturated carbocycles. The van der Waals surface area contributed by atoms with Gasteiger partial charge in [-0.15, -0.1) is 0 Å². The molecule has 0 aromatic heterocycles. The van der Waals surface area contributed by atoms with Gasteiger partial charge in [0.2, 0.25) is 0 Å². The summed E-state index contributed by atoms with van der Waals surface area (Å²) in [6, 6.07) is 5.05. The van der Waals surface area contributed by atoms with E-state index < -0.39 is 5.60 Å². The first-order valence-corrected chi connectivity index (χ1v) is 10.4. The molecule has 5 nitrogen and oxygen atoms in total. The molecule has 0 unspecified atom stereocenters. The van der Waals surface area contributed by atoms with Crippen LogP contribution in [0.15, 0.2) is 18.2 Å². The maximum absolute atomic E-state index is 14.2. The van der Waals surface area contributed by atoms with E-state index in [1.165, 1.54) is 6.07 Å². The van der Waals surface area contributed by atoms with Crippen molar-refractivity contribution in [2.24, 2.45) is 5.92 Å². The van der Waals surface area contributed by atoms with Crippen molar-refractivity contribution in [1.82, 2.24) is 10.2 Å². The van der Waals surface area contributed by atoms with Crippen molar-refractivity contribution in [3.05, 3.63) is 29.6 Å². The highest BCUT2D eigenvalue weighted by Gasteiger charge is 2.28. The predicted molar refractivity (Wildman–Crippen MR) is 107 cm³/mol. The fraction of sp³-hybridized carbons (Fsp3) is 0.682. The molecule has 0 spiro atoms. The quantitative estimate of drug-likeness (QED) is 0.829. The monoisotopic (exact) mass is 392 g/mol. The number of amides is 1. The molecule has 2 aliphatic heterocycles. The molecule has 1 N–H and O–H groups in total. The van der Waals surface area contributed by atoms with Crippen molar-refractivity contribution in [1.29, 1.82) is 0 Å². The first-order valence-electron chi connectivity index (χ1n) is 10.4. The average molecular weight is 393 g/mol. The van der Waals surface area contributed by atoms with Crippen LogP contribution < -0.4 is 10.1 Å². The highest BCUT2D eigenvalue weighted by molar-refractivity contribution is 5.68. The molecule has 3 rings (SSSR count). The predicted octanol–water partition coefficient (Wildman–Crippen LogP) is 4.32. The number of carbonyl (C=O) groups excluding carboxylic acids is 1. The van der Waals surface area contributed by atoms with Gasteiger partial charge < -0.3 is 19.7 Å². The van der Waals surface area contributed by atoms with E-state index in [0.29, 0.717) is 31.4 Å². The zero-order valence-electron chi connectivity index (χ0n) is 17.3. The number of nitrogens with zero attached hydrogens (tertiary/aromatic N) is 1. The molecule has 0 radical (unpaired) electrons. The minimum atomic E-state index is -0.489. The van der Waals surface area contributed by atoms with Gasteiger partial charge in [-0.1, -0.05) is 0 Å². The molecule has 2 heterocycles. The fourth-order valence-corrected chi connectivity index (χ4v) is 3.89. The summed E-state index contributed by atoms with van der Waals surface area (Å²) < 4.78 is 25.5. The van der Waals surface area contributed by atoms with Gasteiger partial charge in [-0.3, -0.25) is 0 Å². The van der Waals surface area contributed by atoms with Crippen LogP contribution >= 0.6 is 0 Å². The molecule has 6 heteroatoms. The molecule has 28 heavy (non-hydrogen) atoms. The van der Waals surface area contributed by atoms with Crippen molar-refractivity contribution in [3.63, 3.8) is 0 Å². The summed E-state index contributed by atoms with van der Waals surface area (Å²) in [6.07, 6.45) is 3.54. The van der Waals surface area contributed by atoms with E-state index in [9.17, 15) is 9.18 Å². The Morgan fingerprint density at radius 3 is 2.46 bits per heavy atom. The molecule has 0 atom stereocenters. The average Bonchev–Trinajstić information content (AvgIpc) is 2.65. The molecule has 156 valence electrons. The minimum Gasteiger partial charge on any atom is -0.493 e. The molecule has 2 saturated heterocycles. The maximum atomic E-state index is 14.2. The van der Waals surface area contributed by atoms with E-state index in [2.05, 4.69) is 5.32 Å². The number of ether oxygens (including phenoxy) is 2. The standard InChI is InChI=1S/C22H33FN2O3/c1-22(2,3)28-21(26)25-10-6-17(7-11-25)18-12-19(23)14-20(13-18)27-15-16-4-8-24-9-5-16/h12-14,16-17,24H,4-11,15H2,1-3H3.